The van der Waals surface area contributed by atoms with Gasteiger partial charge in [-0.3, -0.25) is 9.69 Å². The van der Waals surface area contributed by atoms with E-state index < -0.39 is 0 Å². The van der Waals surface area contributed by atoms with Crippen LogP contribution in [0.3, 0.4) is 0 Å². The van der Waals surface area contributed by atoms with Crippen molar-refractivity contribution < 1.29 is 9.53 Å². The van der Waals surface area contributed by atoms with E-state index in [0.29, 0.717) is 34.4 Å². The van der Waals surface area contributed by atoms with E-state index in [1.54, 1.807) is 25.3 Å². The summed E-state index contributed by atoms with van der Waals surface area (Å²) >= 11 is 12.1. The lowest BCUT2D eigenvalue weighted by molar-refractivity contribution is 0.0624. The van der Waals surface area contributed by atoms with Gasteiger partial charge in [0.05, 0.1) is 23.4 Å². The molecule has 0 unspecified atom stereocenters. The Bertz CT molecular complexity index is 1010. The van der Waals surface area contributed by atoms with E-state index in [1.807, 2.05) is 33.8 Å². The Balaban J connectivity index is 1.40. The van der Waals surface area contributed by atoms with Crippen molar-refractivity contribution in [2.24, 2.45) is 0 Å². The molecule has 8 heteroatoms. The van der Waals surface area contributed by atoms with E-state index >= 15 is 0 Å². The maximum absolute atomic E-state index is 12.9. The van der Waals surface area contributed by atoms with E-state index in [4.69, 9.17) is 27.9 Å². The van der Waals surface area contributed by atoms with Gasteiger partial charge >= 0.3 is 0 Å². The fourth-order valence-electron chi connectivity index (χ4n) is 3.45. The van der Waals surface area contributed by atoms with Gasteiger partial charge in [0.1, 0.15) is 11.4 Å². The number of benzene rings is 1. The standard InChI is InChI=1S/C20H20Cl2N4O2/c1-28-18-4-2-14(21)10-17(18)20(27)25-8-6-24(7-9-25)12-16-13-26-11-15(22)3-5-19(26)23-16/h2-5,10-11,13H,6-9,12H2,1H3. The summed E-state index contributed by atoms with van der Waals surface area (Å²) in [5.41, 5.74) is 2.36. The van der Waals surface area contributed by atoms with E-state index in [-0.39, 0.29) is 5.91 Å². The van der Waals surface area contributed by atoms with Gasteiger partial charge in [-0.1, -0.05) is 23.2 Å². The molecule has 1 amide bonds. The quantitative estimate of drug-likeness (QED) is 0.649. The number of amides is 1. The van der Waals surface area contributed by atoms with Crippen molar-refractivity contribution >= 4 is 34.8 Å². The number of nitrogens with zero attached hydrogens (tertiary/aromatic N) is 4. The highest BCUT2D eigenvalue weighted by atomic mass is 35.5. The fourth-order valence-corrected chi connectivity index (χ4v) is 3.79. The van der Waals surface area contributed by atoms with Crippen molar-refractivity contribution in [2.45, 2.75) is 6.54 Å². The maximum Gasteiger partial charge on any atom is 0.257 e. The Morgan fingerprint density at radius 1 is 1.07 bits per heavy atom. The van der Waals surface area contributed by atoms with Crippen molar-refractivity contribution in [3.63, 3.8) is 0 Å². The van der Waals surface area contributed by atoms with Gasteiger partial charge in [0.15, 0.2) is 0 Å². The molecule has 1 aromatic carbocycles. The van der Waals surface area contributed by atoms with Crippen molar-refractivity contribution in [3.8, 4) is 5.75 Å². The van der Waals surface area contributed by atoms with E-state index in [1.165, 1.54) is 0 Å². The third kappa shape index (κ3) is 3.94. The lowest BCUT2D eigenvalue weighted by Gasteiger charge is -2.34. The molecule has 0 radical (unpaired) electrons. The Hall–Kier alpha value is -2.28. The number of hydrogen-bond donors (Lipinski definition) is 0. The minimum absolute atomic E-state index is 0.0543. The normalized spacial score (nSPS) is 15.2. The van der Waals surface area contributed by atoms with E-state index in [0.717, 1.165) is 31.0 Å². The van der Waals surface area contributed by atoms with Crippen LogP contribution in [0.5, 0.6) is 5.75 Å². The van der Waals surface area contributed by atoms with Crippen LogP contribution in [-0.4, -0.2) is 58.4 Å². The van der Waals surface area contributed by atoms with Crippen LogP contribution in [0.2, 0.25) is 10.0 Å². The molecule has 1 fully saturated rings. The van der Waals surface area contributed by atoms with Crippen LogP contribution in [0.1, 0.15) is 16.1 Å². The molecule has 1 aliphatic heterocycles. The van der Waals surface area contributed by atoms with E-state index in [9.17, 15) is 4.79 Å². The van der Waals surface area contributed by atoms with Crippen molar-refractivity contribution in [1.29, 1.82) is 0 Å². The molecule has 0 spiro atoms. The number of methoxy groups -OCH3 is 1. The Labute approximate surface area is 173 Å². The second-order valence-electron chi connectivity index (χ2n) is 6.76. The average molecular weight is 419 g/mol. The molecule has 0 aliphatic carbocycles. The molecule has 2 aromatic heterocycles. The number of rotatable bonds is 4. The maximum atomic E-state index is 12.9. The molecule has 0 atom stereocenters. The summed E-state index contributed by atoms with van der Waals surface area (Å²) in [6, 6.07) is 8.85. The first kappa shape index (κ1) is 19.1. The van der Waals surface area contributed by atoms with Crippen molar-refractivity contribution in [2.75, 3.05) is 33.3 Å². The van der Waals surface area contributed by atoms with Gasteiger partial charge in [-0.25, -0.2) is 4.98 Å². The first-order valence-electron chi connectivity index (χ1n) is 9.02. The summed E-state index contributed by atoms with van der Waals surface area (Å²) in [6.45, 7) is 3.59. The zero-order valence-corrected chi connectivity index (χ0v) is 17.0. The number of piperazine rings is 1. The van der Waals surface area contributed by atoms with Crippen LogP contribution in [0.15, 0.2) is 42.7 Å². The molecule has 6 nitrogen and oxygen atoms in total. The highest BCUT2D eigenvalue weighted by Crippen LogP contribution is 2.24. The van der Waals surface area contributed by atoms with Crippen LogP contribution in [-0.2, 0) is 6.54 Å². The number of carbonyl (C=O) groups is 1. The number of aromatic nitrogens is 2. The van der Waals surface area contributed by atoms with Gasteiger partial charge in [0.25, 0.3) is 5.91 Å². The molecule has 0 N–H and O–H groups in total. The number of fused-ring (bicyclic) bond motifs is 1. The molecule has 146 valence electrons. The minimum Gasteiger partial charge on any atom is -0.496 e. The highest BCUT2D eigenvalue weighted by Gasteiger charge is 2.25. The number of halogens is 2. The third-order valence-corrected chi connectivity index (χ3v) is 5.36. The molecule has 28 heavy (non-hydrogen) atoms. The predicted molar refractivity (Wildman–Crippen MR) is 109 cm³/mol. The lowest BCUT2D eigenvalue weighted by atomic mass is 10.1. The van der Waals surface area contributed by atoms with Crippen LogP contribution in [0.4, 0.5) is 0 Å². The smallest absolute Gasteiger partial charge is 0.257 e. The number of pyridine rings is 1. The lowest BCUT2D eigenvalue weighted by Crippen LogP contribution is -2.48. The van der Waals surface area contributed by atoms with Crippen molar-refractivity contribution in [3.05, 3.63) is 64.0 Å². The molecule has 3 aromatic rings. The van der Waals surface area contributed by atoms with Gasteiger partial charge in [0, 0.05) is 50.1 Å². The van der Waals surface area contributed by atoms with Gasteiger partial charge in [-0.05, 0) is 30.3 Å². The molecular weight excluding hydrogens is 399 g/mol. The van der Waals surface area contributed by atoms with Gasteiger partial charge in [-0.2, -0.15) is 0 Å². The molecule has 1 saturated heterocycles. The second-order valence-corrected chi connectivity index (χ2v) is 7.63. The van der Waals surface area contributed by atoms with Crippen LogP contribution in [0, 0.1) is 0 Å². The third-order valence-electron chi connectivity index (χ3n) is 4.90. The summed E-state index contributed by atoms with van der Waals surface area (Å²) in [5, 5.41) is 1.20. The first-order valence-corrected chi connectivity index (χ1v) is 9.77. The van der Waals surface area contributed by atoms with Gasteiger partial charge < -0.3 is 14.0 Å². The summed E-state index contributed by atoms with van der Waals surface area (Å²) in [6.07, 6.45) is 3.85. The first-order chi connectivity index (χ1) is 13.5. The monoisotopic (exact) mass is 418 g/mol. The Morgan fingerprint density at radius 3 is 2.57 bits per heavy atom. The summed E-state index contributed by atoms with van der Waals surface area (Å²) in [4.78, 5) is 21.7. The SMILES string of the molecule is COc1ccc(Cl)cc1C(=O)N1CCN(Cc2cn3cc(Cl)ccc3n2)CC1. The second kappa shape index (κ2) is 7.99. The molecule has 1 aliphatic rings. The predicted octanol–water partition coefficient (Wildman–Crippen LogP) is 3.61. The van der Waals surface area contributed by atoms with Gasteiger partial charge in [-0.15, -0.1) is 0 Å². The minimum atomic E-state index is -0.0543. The topological polar surface area (TPSA) is 50.1 Å². The van der Waals surface area contributed by atoms with Crippen LogP contribution in [0.25, 0.3) is 5.65 Å². The number of ether oxygens (including phenoxy) is 1. The molecule has 0 bridgehead atoms. The number of hydrogen-bond acceptors (Lipinski definition) is 4. The zero-order chi connectivity index (χ0) is 19.7. The molecule has 3 heterocycles. The van der Waals surface area contributed by atoms with Crippen LogP contribution < -0.4 is 4.74 Å². The van der Waals surface area contributed by atoms with Crippen molar-refractivity contribution in [1.82, 2.24) is 19.2 Å². The highest BCUT2D eigenvalue weighted by molar-refractivity contribution is 6.31. The molecule has 0 saturated carbocycles. The summed E-state index contributed by atoms with van der Waals surface area (Å²) in [7, 11) is 1.56. The Kier molecular flexibility index (Phi) is 5.44. The Morgan fingerprint density at radius 2 is 1.82 bits per heavy atom. The molecule has 4 rings (SSSR count). The average Bonchev–Trinajstić information content (AvgIpc) is 3.09. The zero-order valence-electron chi connectivity index (χ0n) is 15.4. The summed E-state index contributed by atoms with van der Waals surface area (Å²) in [5.74, 6) is 0.488. The van der Waals surface area contributed by atoms with Gasteiger partial charge in [0.2, 0.25) is 0 Å². The van der Waals surface area contributed by atoms with E-state index in [2.05, 4.69) is 9.88 Å². The largest absolute Gasteiger partial charge is 0.496 e. The summed E-state index contributed by atoms with van der Waals surface area (Å²) < 4.78 is 7.25. The molecular formula is C20H20Cl2N4O2. The van der Waals surface area contributed by atoms with Crippen LogP contribution >= 0.6 is 23.2 Å². The number of imidazole rings is 1. The number of carbonyl (C=O) groups excluding carboxylic acids is 1. The fraction of sp³-hybridized carbons (Fsp3) is 0.300.